The molecule has 0 aliphatic heterocycles. The molecule has 1 N–H and O–H groups in total. The van der Waals surface area contributed by atoms with Gasteiger partial charge in [-0.3, -0.25) is 0 Å². The van der Waals surface area contributed by atoms with Crippen molar-refractivity contribution >= 4 is 15.7 Å². The number of hydrogen-bond acceptors (Lipinski definition) is 4. The third kappa shape index (κ3) is 4.22. The number of benzene rings is 1. The highest BCUT2D eigenvalue weighted by molar-refractivity contribution is 7.89. The summed E-state index contributed by atoms with van der Waals surface area (Å²) in [6, 6.07) is 4.87. The Morgan fingerprint density at radius 1 is 1.00 bits per heavy atom. The molecule has 1 aromatic heterocycles. The van der Waals surface area contributed by atoms with Gasteiger partial charge in [0.2, 0.25) is 21.7 Å². The normalized spacial score (nSPS) is 13.0. The van der Waals surface area contributed by atoms with E-state index in [9.17, 15) is 26.0 Å². The number of pyridine rings is 1. The molecule has 10 heteroatoms. The summed E-state index contributed by atoms with van der Waals surface area (Å²) < 4.78 is 80.0. The maximum atomic E-state index is 13.7. The smallest absolute Gasteiger partial charge is 0.253 e. The summed E-state index contributed by atoms with van der Waals surface area (Å²) in [5, 5.41) is 2.35. The summed E-state index contributed by atoms with van der Waals surface area (Å²) in [5.41, 5.74) is -0.516. The topological polar surface area (TPSA) is 62.3 Å². The summed E-state index contributed by atoms with van der Waals surface area (Å²) in [7, 11) is -3.64. The summed E-state index contributed by atoms with van der Waals surface area (Å²) in [6.45, 7) is 5.57. The Balaban J connectivity index is 2.29. The SMILES string of the molecule is CCN(CC)S(=O)(=O)c1ccc(C(C)Nc2c(F)c(F)nc(F)c2F)cc1. The van der Waals surface area contributed by atoms with Crippen LogP contribution < -0.4 is 5.32 Å². The summed E-state index contributed by atoms with van der Waals surface area (Å²) >= 11 is 0. The summed E-state index contributed by atoms with van der Waals surface area (Å²) in [5.74, 6) is -6.79. The Morgan fingerprint density at radius 2 is 1.48 bits per heavy atom. The van der Waals surface area contributed by atoms with Crippen LogP contribution in [0.3, 0.4) is 0 Å². The van der Waals surface area contributed by atoms with Crippen molar-refractivity contribution in [3.05, 3.63) is 53.4 Å². The molecule has 0 spiro atoms. The van der Waals surface area contributed by atoms with Crippen molar-refractivity contribution in [1.82, 2.24) is 9.29 Å². The minimum atomic E-state index is -3.64. The van der Waals surface area contributed by atoms with E-state index in [4.69, 9.17) is 0 Å². The number of halogens is 4. The molecule has 0 aliphatic carbocycles. The highest BCUT2D eigenvalue weighted by Crippen LogP contribution is 2.27. The van der Waals surface area contributed by atoms with Gasteiger partial charge in [-0.15, -0.1) is 0 Å². The van der Waals surface area contributed by atoms with E-state index in [2.05, 4.69) is 10.3 Å². The molecule has 0 fully saturated rings. The average Bonchev–Trinajstić information content (AvgIpc) is 2.64. The zero-order valence-electron chi connectivity index (χ0n) is 14.9. The fourth-order valence-electron chi connectivity index (χ4n) is 2.55. The summed E-state index contributed by atoms with van der Waals surface area (Å²) in [6.07, 6.45) is 0. The molecule has 27 heavy (non-hydrogen) atoms. The van der Waals surface area contributed by atoms with Crippen LogP contribution in [0.15, 0.2) is 29.2 Å². The van der Waals surface area contributed by atoms with E-state index >= 15 is 0 Å². The van der Waals surface area contributed by atoms with Crippen molar-refractivity contribution in [3.63, 3.8) is 0 Å². The zero-order valence-corrected chi connectivity index (χ0v) is 15.7. The third-order valence-corrected chi connectivity index (χ3v) is 6.15. The van der Waals surface area contributed by atoms with Crippen molar-refractivity contribution in [2.45, 2.75) is 31.7 Å². The van der Waals surface area contributed by atoms with Crippen LogP contribution in [0, 0.1) is 23.5 Å². The van der Waals surface area contributed by atoms with Crippen LogP contribution in [0.4, 0.5) is 23.2 Å². The first-order chi connectivity index (χ1) is 12.6. The van der Waals surface area contributed by atoms with Crippen LogP contribution >= 0.6 is 0 Å². The Hall–Kier alpha value is -2.20. The Labute approximate surface area is 155 Å². The quantitative estimate of drug-likeness (QED) is 0.562. The van der Waals surface area contributed by atoms with Crippen molar-refractivity contribution in [2.24, 2.45) is 0 Å². The van der Waals surface area contributed by atoms with Crippen LogP contribution in [0.2, 0.25) is 0 Å². The van der Waals surface area contributed by atoms with Crippen molar-refractivity contribution in [3.8, 4) is 0 Å². The Kier molecular flexibility index (Phi) is 6.42. The Morgan fingerprint density at radius 3 is 1.93 bits per heavy atom. The number of sulfonamides is 1. The molecule has 0 radical (unpaired) electrons. The molecule has 2 rings (SSSR count). The maximum Gasteiger partial charge on any atom is 0.253 e. The van der Waals surface area contributed by atoms with Crippen molar-refractivity contribution < 1.29 is 26.0 Å². The molecule has 148 valence electrons. The largest absolute Gasteiger partial charge is 0.373 e. The second-order valence-electron chi connectivity index (χ2n) is 5.72. The molecule has 0 bridgehead atoms. The molecular weight excluding hydrogens is 386 g/mol. The molecule has 1 heterocycles. The molecule has 0 amide bonds. The third-order valence-electron chi connectivity index (χ3n) is 4.08. The second kappa shape index (κ2) is 8.22. The van der Waals surface area contributed by atoms with Gasteiger partial charge in [0.1, 0.15) is 5.69 Å². The van der Waals surface area contributed by atoms with E-state index in [1.165, 1.54) is 35.5 Å². The van der Waals surface area contributed by atoms with E-state index in [1.807, 2.05) is 0 Å². The first-order valence-electron chi connectivity index (χ1n) is 8.20. The van der Waals surface area contributed by atoms with Crippen molar-refractivity contribution in [1.29, 1.82) is 0 Å². The van der Waals surface area contributed by atoms with Gasteiger partial charge in [0.25, 0.3) is 11.9 Å². The molecular formula is C17H19F4N3O2S. The zero-order chi connectivity index (χ0) is 20.4. The van der Waals surface area contributed by atoms with Gasteiger partial charge in [-0.05, 0) is 24.6 Å². The van der Waals surface area contributed by atoms with Crippen molar-refractivity contribution in [2.75, 3.05) is 18.4 Å². The number of rotatable bonds is 7. The lowest BCUT2D eigenvalue weighted by Gasteiger charge is -2.20. The minimum absolute atomic E-state index is 0.0699. The van der Waals surface area contributed by atoms with E-state index in [0.717, 1.165) is 0 Å². The van der Waals surface area contributed by atoms with Crippen LogP contribution in [0.1, 0.15) is 32.4 Å². The molecule has 2 aromatic rings. The summed E-state index contributed by atoms with van der Waals surface area (Å²) in [4.78, 5) is 2.56. The molecule has 1 aromatic carbocycles. The first-order valence-corrected chi connectivity index (χ1v) is 9.64. The predicted octanol–water partition coefficient (Wildman–Crippen LogP) is 3.84. The average molecular weight is 405 g/mol. The molecule has 1 atom stereocenters. The number of aromatic nitrogens is 1. The van der Waals surface area contributed by atoms with E-state index in [0.29, 0.717) is 18.7 Å². The van der Waals surface area contributed by atoms with Gasteiger partial charge in [0, 0.05) is 19.1 Å². The lowest BCUT2D eigenvalue weighted by Crippen LogP contribution is -2.30. The predicted molar refractivity (Wildman–Crippen MR) is 92.7 cm³/mol. The fourth-order valence-corrected chi connectivity index (χ4v) is 4.01. The molecule has 1 unspecified atom stereocenters. The monoisotopic (exact) mass is 405 g/mol. The van der Waals surface area contributed by atoms with Crippen LogP contribution in [-0.4, -0.2) is 30.8 Å². The van der Waals surface area contributed by atoms with Gasteiger partial charge >= 0.3 is 0 Å². The lowest BCUT2D eigenvalue weighted by molar-refractivity contribution is 0.410. The van der Waals surface area contributed by atoms with Gasteiger partial charge in [0.05, 0.1) is 4.90 Å². The number of nitrogens with zero attached hydrogens (tertiary/aromatic N) is 2. The van der Waals surface area contributed by atoms with E-state index < -0.39 is 45.3 Å². The Bertz CT molecular complexity index is 891. The molecule has 0 saturated carbocycles. The number of nitrogens with one attached hydrogen (secondary N) is 1. The molecule has 5 nitrogen and oxygen atoms in total. The van der Waals surface area contributed by atoms with Gasteiger partial charge in [-0.1, -0.05) is 26.0 Å². The van der Waals surface area contributed by atoms with Gasteiger partial charge in [-0.2, -0.15) is 26.9 Å². The standard InChI is InChI=1S/C17H19F4N3O2S/c1-4-24(5-2)27(25,26)12-8-6-11(7-9-12)10(3)22-15-13(18)16(20)23-17(21)14(15)19/h6-10H,4-5H2,1-3H3,(H,22,23). The van der Waals surface area contributed by atoms with Crippen LogP contribution in [0.5, 0.6) is 0 Å². The minimum Gasteiger partial charge on any atom is -0.373 e. The molecule has 0 saturated heterocycles. The van der Waals surface area contributed by atoms with E-state index in [-0.39, 0.29) is 4.90 Å². The van der Waals surface area contributed by atoms with Crippen LogP contribution in [0.25, 0.3) is 0 Å². The van der Waals surface area contributed by atoms with Crippen LogP contribution in [-0.2, 0) is 10.0 Å². The highest BCUT2D eigenvalue weighted by atomic mass is 32.2. The number of anilines is 1. The second-order valence-corrected chi connectivity index (χ2v) is 7.66. The van der Waals surface area contributed by atoms with E-state index in [1.54, 1.807) is 13.8 Å². The highest BCUT2D eigenvalue weighted by Gasteiger charge is 2.24. The van der Waals surface area contributed by atoms with Gasteiger partial charge in [-0.25, -0.2) is 8.42 Å². The van der Waals surface area contributed by atoms with Gasteiger partial charge < -0.3 is 5.32 Å². The lowest BCUT2D eigenvalue weighted by atomic mass is 10.1. The van der Waals surface area contributed by atoms with Gasteiger partial charge in [0.15, 0.2) is 0 Å². The first kappa shape index (κ1) is 21.1. The number of hydrogen-bond donors (Lipinski definition) is 1. The fraction of sp³-hybridized carbons (Fsp3) is 0.353. The molecule has 0 aliphatic rings. The maximum absolute atomic E-state index is 13.7.